The highest BCUT2D eigenvalue weighted by atomic mass is 16.5. The monoisotopic (exact) mass is 395 g/mol. The molecule has 0 aromatic heterocycles. The van der Waals surface area contributed by atoms with Gasteiger partial charge in [-0.1, -0.05) is 48.9 Å². The van der Waals surface area contributed by atoms with Crippen molar-refractivity contribution in [2.24, 2.45) is 10.4 Å². The van der Waals surface area contributed by atoms with Gasteiger partial charge >= 0.3 is 0 Å². The Bertz CT molecular complexity index is 755. The third-order valence-electron chi connectivity index (χ3n) is 5.74. The van der Waals surface area contributed by atoms with Crippen LogP contribution in [-0.4, -0.2) is 33.3 Å². The molecule has 0 radical (unpaired) electrons. The minimum absolute atomic E-state index is 0.366. The molecule has 0 bridgehead atoms. The number of benzene rings is 2. The van der Waals surface area contributed by atoms with Crippen molar-refractivity contribution in [2.75, 3.05) is 27.3 Å². The van der Waals surface area contributed by atoms with Gasteiger partial charge in [-0.3, -0.25) is 4.99 Å². The first-order valence-electron chi connectivity index (χ1n) is 10.4. The molecule has 1 aliphatic rings. The van der Waals surface area contributed by atoms with E-state index in [1.54, 1.807) is 7.11 Å². The van der Waals surface area contributed by atoms with Crippen molar-refractivity contribution in [1.29, 1.82) is 0 Å². The van der Waals surface area contributed by atoms with E-state index in [1.807, 2.05) is 37.4 Å². The van der Waals surface area contributed by atoms with E-state index >= 15 is 0 Å². The molecule has 2 aromatic carbocycles. The van der Waals surface area contributed by atoms with Crippen LogP contribution in [0.25, 0.3) is 0 Å². The van der Waals surface area contributed by atoms with Crippen molar-refractivity contribution < 1.29 is 9.47 Å². The Hall–Kier alpha value is -2.53. The molecule has 1 saturated carbocycles. The fourth-order valence-electron chi connectivity index (χ4n) is 3.63. The molecule has 0 spiro atoms. The Balaban J connectivity index is 1.42. The van der Waals surface area contributed by atoms with Crippen LogP contribution in [0.1, 0.15) is 36.8 Å². The lowest BCUT2D eigenvalue weighted by molar-refractivity contribution is 0.0732. The Morgan fingerprint density at radius 1 is 1.00 bits per heavy atom. The zero-order chi connectivity index (χ0) is 20.4. The van der Waals surface area contributed by atoms with Crippen molar-refractivity contribution >= 4 is 5.96 Å². The molecule has 0 unspecified atom stereocenters. The van der Waals surface area contributed by atoms with Crippen LogP contribution in [0, 0.1) is 5.41 Å². The number of hydrogen-bond donors (Lipinski definition) is 2. The highest BCUT2D eigenvalue weighted by Crippen LogP contribution is 2.43. The maximum Gasteiger partial charge on any atom is 0.191 e. The molecule has 0 saturated heterocycles. The van der Waals surface area contributed by atoms with Crippen LogP contribution in [0.15, 0.2) is 59.6 Å². The first-order valence-corrected chi connectivity index (χ1v) is 10.4. The molecular weight excluding hydrogens is 362 g/mol. The molecule has 1 fully saturated rings. The molecular formula is C24H33N3O2. The van der Waals surface area contributed by atoms with E-state index in [0.717, 1.165) is 37.8 Å². The van der Waals surface area contributed by atoms with Gasteiger partial charge in [0.15, 0.2) is 5.96 Å². The number of hydrogen-bond acceptors (Lipinski definition) is 3. The molecule has 1 aliphatic carbocycles. The summed E-state index contributed by atoms with van der Waals surface area (Å²) in [7, 11) is 3.59. The van der Waals surface area contributed by atoms with Crippen LogP contribution in [-0.2, 0) is 17.9 Å². The largest absolute Gasteiger partial charge is 0.489 e. The van der Waals surface area contributed by atoms with Crippen LogP contribution in [0.3, 0.4) is 0 Å². The summed E-state index contributed by atoms with van der Waals surface area (Å²) >= 11 is 0. The molecule has 5 heteroatoms. The minimum Gasteiger partial charge on any atom is -0.489 e. The maximum atomic E-state index is 5.85. The average molecular weight is 396 g/mol. The van der Waals surface area contributed by atoms with Gasteiger partial charge in [-0.25, -0.2) is 0 Å². The minimum atomic E-state index is 0.366. The van der Waals surface area contributed by atoms with Gasteiger partial charge in [0.1, 0.15) is 12.4 Å². The molecule has 5 nitrogen and oxygen atoms in total. The van der Waals surface area contributed by atoms with E-state index < -0.39 is 0 Å². The van der Waals surface area contributed by atoms with Gasteiger partial charge in [-0.2, -0.15) is 0 Å². The quantitative estimate of drug-likeness (QED) is 0.469. The summed E-state index contributed by atoms with van der Waals surface area (Å²) in [6.45, 7) is 3.08. The summed E-state index contributed by atoms with van der Waals surface area (Å²) in [6.07, 6.45) is 4.96. The number of nitrogens with zero attached hydrogens (tertiary/aromatic N) is 1. The van der Waals surface area contributed by atoms with Crippen molar-refractivity contribution in [1.82, 2.24) is 10.6 Å². The molecule has 3 rings (SSSR count). The topological polar surface area (TPSA) is 54.9 Å². The van der Waals surface area contributed by atoms with E-state index in [9.17, 15) is 0 Å². The van der Waals surface area contributed by atoms with Crippen LogP contribution < -0.4 is 15.4 Å². The van der Waals surface area contributed by atoms with Gasteiger partial charge in [-0.15, -0.1) is 0 Å². The second-order valence-corrected chi connectivity index (χ2v) is 7.79. The van der Waals surface area contributed by atoms with Gasteiger partial charge in [0.25, 0.3) is 0 Å². The molecule has 0 amide bonds. The normalized spacial score (nSPS) is 15.4. The molecule has 0 atom stereocenters. The van der Waals surface area contributed by atoms with Gasteiger partial charge in [0.05, 0.1) is 0 Å². The molecule has 2 N–H and O–H groups in total. The standard InChI is InChI=1S/C24H33N3O2/c1-25-23(27-19-24(13-6-14-24)15-16-28-2)26-17-20-9-11-22(12-10-20)29-18-21-7-4-3-5-8-21/h3-5,7-12H,6,13-19H2,1-2H3,(H2,25,26,27). The van der Waals surface area contributed by atoms with Gasteiger partial charge in [0.2, 0.25) is 0 Å². The van der Waals surface area contributed by atoms with Crippen LogP contribution >= 0.6 is 0 Å². The number of nitrogens with one attached hydrogen (secondary N) is 2. The van der Waals surface area contributed by atoms with E-state index in [0.29, 0.717) is 12.0 Å². The van der Waals surface area contributed by atoms with Crippen LogP contribution in [0.5, 0.6) is 5.75 Å². The SMILES string of the molecule is CN=C(NCc1ccc(OCc2ccccc2)cc1)NCC1(CCOC)CCC1. The number of methoxy groups -OCH3 is 1. The molecule has 0 heterocycles. The summed E-state index contributed by atoms with van der Waals surface area (Å²) in [5.41, 5.74) is 2.73. The summed E-state index contributed by atoms with van der Waals surface area (Å²) in [4.78, 5) is 4.36. The lowest BCUT2D eigenvalue weighted by Crippen LogP contribution is -2.46. The van der Waals surface area contributed by atoms with Crippen molar-refractivity contribution in [3.8, 4) is 5.75 Å². The fourth-order valence-corrected chi connectivity index (χ4v) is 3.63. The smallest absolute Gasteiger partial charge is 0.191 e. The fraction of sp³-hybridized carbons (Fsp3) is 0.458. The Labute approximate surface area is 174 Å². The lowest BCUT2D eigenvalue weighted by atomic mass is 9.67. The summed E-state index contributed by atoms with van der Waals surface area (Å²) in [6, 6.07) is 18.4. The van der Waals surface area contributed by atoms with Crippen LogP contribution in [0.4, 0.5) is 0 Å². The van der Waals surface area contributed by atoms with E-state index in [2.05, 4.69) is 39.9 Å². The average Bonchev–Trinajstić information content (AvgIpc) is 2.74. The second kappa shape index (κ2) is 10.9. The van der Waals surface area contributed by atoms with Gasteiger partial charge in [-0.05, 0) is 47.9 Å². The second-order valence-electron chi connectivity index (χ2n) is 7.79. The Morgan fingerprint density at radius 2 is 1.76 bits per heavy atom. The predicted molar refractivity (Wildman–Crippen MR) is 118 cm³/mol. The lowest BCUT2D eigenvalue weighted by Gasteiger charge is -2.42. The predicted octanol–water partition coefficient (Wildman–Crippen LogP) is 4.14. The van der Waals surface area contributed by atoms with E-state index in [1.165, 1.54) is 30.4 Å². The van der Waals surface area contributed by atoms with Crippen molar-refractivity contribution in [3.63, 3.8) is 0 Å². The summed E-state index contributed by atoms with van der Waals surface area (Å²) in [5.74, 6) is 1.73. The number of rotatable bonds is 10. The van der Waals surface area contributed by atoms with Gasteiger partial charge in [0, 0.05) is 33.9 Å². The zero-order valence-corrected chi connectivity index (χ0v) is 17.6. The third-order valence-corrected chi connectivity index (χ3v) is 5.74. The molecule has 156 valence electrons. The van der Waals surface area contributed by atoms with Crippen molar-refractivity contribution in [3.05, 3.63) is 65.7 Å². The Morgan fingerprint density at radius 3 is 2.38 bits per heavy atom. The zero-order valence-electron chi connectivity index (χ0n) is 17.6. The number of ether oxygens (including phenoxy) is 2. The first kappa shape index (κ1) is 21.2. The highest BCUT2D eigenvalue weighted by Gasteiger charge is 2.36. The molecule has 2 aromatic rings. The Kier molecular flexibility index (Phi) is 7.94. The maximum absolute atomic E-state index is 5.85. The van der Waals surface area contributed by atoms with Crippen LogP contribution in [0.2, 0.25) is 0 Å². The first-order chi connectivity index (χ1) is 14.2. The van der Waals surface area contributed by atoms with E-state index in [-0.39, 0.29) is 0 Å². The highest BCUT2D eigenvalue weighted by molar-refractivity contribution is 5.79. The van der Waals surface area contributed by atoms with E-state index in [4.69, 9.17) is 9.47 Å². The van der Waals surface area contributed by atoms with Crippen molar-refractivity contribution in [2.45, 2.75) is 38.8 Å². The van der Waals surface area contributed by atoms with Gasteiger partial charge < -0.3 is 20.1 Å². The summed E-state index contributed by atoms with van der Waals surface area (Å²) in [5, 5.41) is 6.91. The number of aliphatic imine (C=N–C) groups is 1. The third kappa shape index (κ3) is 6.50. The molecule has 0 aliphatic heterocycles. The molecule has 29 heavy (non-hydrogen) atoms. The number of guanidine groups is 1. The summed E-state index contributed by atoms with van der Waals surface area (Å²) < 4.78 is 11.1.